The molecular weight excluding hydrogens is 458 g/mol. The van der Waals surface area contributed by atoms with E-state index in [2.05, 4.69) is 97.5 Å². The third-order valence-corrected chi connectivity index (χ3v) is 4.90. The van der Waals surface area contributed by atoms with Crippen LogP contribution in [0.3, 0.4) is 0 Å². The Morgan fingerprint density at radius 2 is 1.39 bits per heavy atom. The summed E-state index contributed by atoms with van der Waals surface area (Å²) in [6, 6.07) is 12.6. The minimum atomic E-state index is -0.459. The molecule has 0 aliphatic heterocycles. The summed E-state index contributed by atoms with van der Waals surface area (Å²) in [5.41, 5.74) is 6.66. The molecule has 0 aliphatic rings. The van der Waals surface area contributed by atoms with Crippen molar-refractivity contribution < 1.29 is 40.8 Å². The van der Waals surface area contributed by atoms with Gasteiger partial charge in [0.15, 0.2) is 6.10 Å². The molecule has 2 atom stereocenters. The summed E-state index contributed by atoms with van der Waals surface area (Å²) in [6.45, 7) is 25.4. The number of nitrogens with zero attached hydrogens (tertiary/aromatic N) is 1. The van der Waals surface area contributed by atoms with E-state index in [4.69, 9.17) is 18.7 Å². The van der Waals surface area contributed by atoms with Crippen molar-refractivity contribution in [2.75, 3.05) is 14.1 Å². The molecule has 174 valence electrons. The molecule has 0 aliphatic carbocycles. The smallest absolute Gasteiger partial charge is 0 e. The molecule has 2 aromatic carbocycles. The van der Waals surface area contributed by atoms with E-state index in [1.165, 1.54) is 11.6 Å². The van der Waals surface area contributed by atoms with Gasteiger partial charge in [0, 0.05) is 40.6 Å². The predicted octanol–water partition coefficient (Wildman–Crippen LogP) is 4.94. The standard InChI is InChI=1S/C23H29NO2.3CO.Cr/c1-8-21(25)26-23(22-16(3)13-15(2)14-17(22)4)20-12-10-9-11-19(20)18(5)24(6)7;3*1-2;/h8-14,18,23H,1H2,2-7H3;;;;/t18-,23-;;;;/m1..../s1. The quantitative estimate of drug-likeness (QED) is 0.250. The summed E-state index contributed by atoms with van der Waals surface area (Å²) in [5.74, 6) is -0.415. The van der Waals surface area contributed by atoms with E-state index < -0.39 is 12.1 Å². The first kappa shape index (κ1) is 35.0. The number of esters is 1. The van der Waals surface area contributed by atoms with Gasteiger partial charge in [-0.25, -0.2) is 4.79 Å². The van der Waals surface area contributed by atoms with Crippen LogP contribution in [0, 0.1) is 40.7 Å². The van der Waals surface area contributed by atoms with Crippen LogP contribution in [0.25, 0.3) is 0 Å². The molecule has 2 rings (SSSR count). The molecule has 0 heterocycles. The van der Waals surface area contributed by atoms with Crippen LogP contribution in [0.1, 0.15) is 52.5 Å². The van der Waals surface area contributed by atoms with Crippen molar-refractivity contribution in [1.82, 2.24) is 4.90 Å². The molecule has 0 radical (unpaired) electrons. The zero-order valence-electron chi connectivity index (χ0n) is 19.8. The van der Waals surface area contributed by atoms with Crippen molar-refractivity contribution in [3.63, 3.8) is 0 Å². The third kappa shape index (κ3) is 10.2. The van der Waals surface area contributed by atoms with Crippen molar-refractivity contribution in [1.29, 1.82) is 0 Å². The van der Waals surface area contributed by atoms with Crippen LogP contribution in [0.2, 0.25) is 0 Å². The van der Waals surface area contributed by atoms with E-state index in [0.717, 1.165) is 27.8 Å². The summed E-state index contributed by atoms with van der Waals surface area (Å²) >= 11 is 0. The molecule has 0 saturated heterocycles. The van der Waals surface area contributed by atoms with Crippen LogP contribution in [-0.2, 0) is 40.8 Å². The Morgan fingerprint density at radius 1 is 0.970 bits per heavy atom. The van der Waals surface area contributed by atoms with Gasteiger partial charge >= 0.3 is 39.9 Å². The molecule has 0 spiro atoms. The SMILES string of the molecule is C=CC(=O)O[C@H](c1ccccc1[C@@H](C)N(C)C)c1c(C)cc(C)cc1C.[C-]#[O+].[C-]#[O+].[C-]#[O+].[Cr]. The van der Waals surface area contributed by atoms with Crippen LogP contribution in [0.15, 0.2) is 49.1 Å². The van der Waals surface area contributed by atoms with Gasteiger partial charge in [-0.2, -0.15) is 0 Å². The molecule has 0 fully saturated rings. The van der Waals surface area contributed by atoms with Crippen LogP contribution in [0.4, 0.5) is 0 Å². The maximum Gasteiger partial charge on any atom is 0 e. The summed E-state index contributed by atoms with van der Waals surface area (Å²) in [4.78, 5) is 14.3. The van der Waals surface area contributed by atoms with Crippen molar-refractivity contribution in [3.05, 3.63) is 102 Å². The molecule has 0 bridgehead atoms. The third-order valence-electron chi connectivity index (χ3n) is 4.90. The normalized spacial score (nSPS) is 10.7. The van der Waals surface area contributed by atoms with Gasteiger partial charge in [0.1, 0.15) is 0 Å². The zero-order valence-corrected chi connectivity index (χ0v) is 21.1. The van der Waals surface area contributed by atoms with Crippen LogP contribution >= 0.6 is 0 Å². The van der Waals surface area contributed by atoms with Gasteiger partial charge in [0.05, 0.1) is 0 Å². The molecular formula is C26H29CrNO5. The number of benzene rings is 2. The van der Waals surface area contributed by atoms with Crippen LogP contribution < -0.4 is 0 Å². The maximum atomic E-state index is 12.1. The van der Waals surface area contributed by atoms with Crippen LogP contribution in [-0.4, -0.2) is 25.0 Å². The van der Waals surface area contributed by atoms with E-state index in [0.29, 0.717) is 0 Å². The average Bonchev–Trinajstić information content (AvgIpc) is 2.81. The van der Waals surface area contributed by atoms with E-state index >= 15 is 0 Å². The first-order valence-electron chi connectivity index (χ1n) is 9.53. The summed E-state index contributed by atoms with van der Waals surface area (Å²) < 4.78 is 28.4. The van der Waals surface area contributed by atoms with Crippen molar-refractivity contribution in [2.45, 2.75) is 39.8 Å². The van der Waals surface area contributed by atoms with Gasteiger partial charge in [-0.05, 0) is 58.5 Å². The fraction of sp³-hybridized carbons (Fsp3) is 0.308. The van der Waals surface area contributed by atoms with Crippen LogP contribution in [0.5, 0.6) is 0 Å². The van der Waals surface area contributed by atoms with Crippen molar-refractivity contribution >= 4 is 5.97 Å². The summed E-state index contributed by atoms with van der Waals surface area (Å²) in [5, 5.41) is 0. The summed E-state index contributed by atoms with van der Waals surface area (Å²) in [7, 11) is 4.10. The largest absolute Gasteiger partial charge is 0 e. The minimum absolute atomic E-state index is 0. The number of hydrogen-bond acceptors (Lipinski definition) is 3. The Morgan fingerprint density at radius 3 is 1.79 bits per heavy atom. The minimum Gasteiger partial charge on any atom is 0 e. The number of aryl methyl sites for hydroxylation is 3. The molecule has 0 aromatic heterocycles. The number of carbonyl (C=O) groups is 1. The Hall–Kier alpha value is -2.64. The predicted molar refractivity (Wildman–Crippen MR) is 119 cm³/mol. The molecule has 7 heteroatoms. The van der Waals surface area contributed by atoms with Crippen molar-refractivity contribution in [2.24, 2.45) is 0 Å². The van der Waals surface area contributed by atoms with Gasteiger partial charge in [-0.3, -0.25) is 0 Å². The molecule has 0 saturated carbocycles. The van der Waals surface area contributed by atoms with E-state index in [1.807, 2.05) is 12.1 Å². The molecule has 0 N–H and O–H groups in total. The maximum absolute atomic E-state index is 12.1. The van der Waals surface area contributed by atoms with Gasteiger partial charge in [-0.15, -0.1) is 0 Å². The first-order valence-corrected chi connectivity index (χ1v) is 9.53. The number of ether oxygens (including phenoxy) is 1. The van der Waals surface area contributed by atoms with E-state index in [-0.39, 0.29) is 23.4 Å². The topological polar surface area (TPSA) is 89.2 Å². The molecule has 0 unspecified atom stereocenters. The number of hydrogen-bond donors (Lipinski definition) is 0. The number of rotatable bonds is 6. The van der Waals surface area contributed by atoms with Crippen molar-refractivity contribution in [3.8, 4) is 0 Å². The fourth-order valence-corrected chi connectivity index (χ4v) is 3.46. The van der Waals surface area contributed by atoms with Gasteiger partial charge < -0.3 is 9.64 Å². The molecule has 6 nitrogen and oxygen atoms in total. The van der Waals surface area contributed by atoms with Gasteiger partial charge in [-0.1, -0.05) is 48.5 Å². The average molecular weight is 488 g/mol. The van der Waals surface area contributed by atoms with Gasteiger partial charge in [0.25, 0.3) is 0 Å². The Kier molecular flexibility index (Phi) is 20.0. The number of carbonyl (C=O) groups excluding carboxylic acids is 1. The Balaban J connectivity index is -0.00000119. The van der Waals surface area contributed by atoms with E-state index in [9.17, 15) is 4.79 Å². The summed E-state index contributed by atoms with van der Waals surface area (Å²) in [6.07, 6.45) is 0.767. The van der Waals surface area contributed by atoms with Gasteiger partial charge in [0.2, 0.25) is 0 Å². The zero-order chi connectivity index (χ0) is 25.4. The molecule has 0 amide bonds. The monoisotopic (exact) mass is 487 g/mol. The Labute approximate surface area is 207 Å². The second-order valence-corrected chi connectivity index (χ2v) is 7.10. The second kappa shape index (κ2) is 18.9. The fourth-order valence-electron chi connectivity index (χ4n) is 3.46. The molecule has 2 aromatic rings. The first-order chi connectivity index (χ1) is 15.3. The van der Waals surface area contributed by atoms with E-state index in [1.54, 1.807) is 0 Å². The Bertz CT molecular complexity index is 910. The second-order valence-electron chi connectivity index (χ2n) is 7.10. The molecule has 33 heavy (non-hydrogen) atoms.